The average Bonchev–Trinajstić information content (AvgIpc) is 3.23. The van der Waals surface area contributed by atoms with E-state index in [9.17, 15) is 9.59 Å². The second-order valence-corrected chi connectivity index (χ2v) is 8.91. The Kier molecular flexibility index (Phi) is 6.65. The van der Waals surface area contributed by atoms with Crippen LogP contribution in [-0.2, 0) is 4.79 Å². The van der Waals surface area contributed by atoms with Gasteiger partial charge in [0, 0.05) is 11.6 Å². The lowest BCUT2D eigenvalue weighted by Gasteiger charge is -2.12. The minimum atomic E-state index is -0.379. The Bertz CT molecular complexity index is 1390. The molecule has 0 aliphatic heterocycles. The topological polar surface area (TPSA) is 88.9 Å². The zero-order valence-electron chi connectivity index (χ0n) is 19.5. The van der Waals surface area contributed by atoms with Gasteiger partial charge in [-0.15, -0.1) is 0 Å². The second kappa shape index (κ2) is 9.65. The molecule has 2 aromatic carbocycles. The third kappa shape index (κ3) is 4.79. The molecule has 8 heteroatoms. The smallest absolute Gasteiger partial charge is 0.252 e. The Balaban J connectivity index is 1.62. The highest BCUT2D eigenvalue weighted by Crippen LogP contribution is 2.28. The molecule has 2 aromatic heterocycles. The summed E-state index contributed by atoms with van der Waals surface area (Å²) in [7, 11) is 0. The number of aromatic nitrogens is 3. The molecular weight excluding hydrogens is 450 g/mol. The lowest BCUT2D eigenvalue weighted by Crippen LogP contribution is -2.33. The number of fused-ring (bicyclic) bond motifs is 1. The third-order valence-corrected chi connectivity index (χ3v) is 5.84. The quantitative estimate of drug-likeness (QED) is 0.395. The van der Waals surface area contributed by atoms with Crippen LogP contribution in [0.25, 0.3) is 22.3 Å². The van der Waals surface area contributed by atoms with Crippen molar-refractivity contribution in [1.29, 1.82) is 0 Å². The molecule has 34 heavy (non-hydrogen) atoms. The maximum atomic E-state index is 13.2. The van der Waals surface area contributed by atoms with E-state index in [1.54, 1.807) is 29.1 Å². The number of carbonyl (C=O) groups is 2. The van der Waals surface area contributed by atoms with Gasteiger partial charge >= 0.3 is 0 Å². The van der Waals surface area contributed by atoms with Gasteiger partial charge in [-0.05, 0) is 57.0 Å². The fourth-order valence-electron chi connectivity index (χ4n) is 3.75. The molecule has 0 unspecified atom stereocenters. The Morgan fingerprint density at radius 1 is 1.09 bits per heavy atom. The second-order valence-electron chi connectivity index (χ2n) is 8.50. The first-order valence-electron chi connectivity index (χ1n) is 11.0. The van der Waals surface area contributed by atoms with Crippen molar-refractivity contribution in [3.8, 4) is 11.3 Å². The molecule has 4 rings (SSSR count). The normalized spacial score (nSPS) is 11.1. The third-order valence-electron chi connectivity index (χ3n) is 5.53. The van der Waals surface area contributed by atoms with Crippen LogP contribution < -0.4 is 10.6 Å². The van der Waals surface area contributed by atoms with Crippen LogP contribution >= 0.6 is 11.6 Å². The molecule has 2 N–H and O–H groups in total. The van der Waals surface area contributed by atoms with Crippen molar-refractivity contribution in [2.45, 2.75) is 33.7 Å². The molecule has 0 bridgehead atoms. The molecule has 0 aliphatic carbocycles. The number of nitrogens with zero attached hydrogens (tertiary/aromatic N) is 3. The van der Waals surface area contributed by atoms with Crippen molar-refractivity contribution in [3.05, 3.63) is 76.4 Å². The number of amides is 2. The summed E-state index contributed by atoms with van der Waals surface area (Å²) in [6.45, 7) is 7.73. The van der Waals surface area contributed by atoms with E-state index in [0.29, 0.717) is 33.0 Å². The van der Waals surface area contributed by atoms with Crippen molar-refractivity contribution in [2.75, 3.05) is 11.9 Å². The highest BCUT2D eigenvalue weighted by atomic mass is 35.5. The number of pyridine rings is 1. The number of benzene rings is 2. The van der Waals surface area contributed by atoms with Crippen LogP contribution in [0.1, 0.15) is 41.4 Å². The molecule has 7 nitrogen and oxygen atoms in total. The summed E-state index contributed by atoms with van der Waals surface area (Å²) in [5.74, 6) is -0.753. The fourth-order valence-corrected chi connectivity index (χ4v) is 4.04. The summed E-state index contributed by atoms with van der Waals surface area (Å²) in [5, 5.41) is 11.0. The Morgan fingerprint density at radius 3 is 2.56 bits per heavy atom. The summed E-state index contributed by atoms with van der Waals surface area (Å²) in [6.07, 6.45) is 1.64. The van der Waals surface area contributed by atoms with Gasteiger partial charge in [-0.2, -0.15) is 5.10 Å². The SMILES string of the molecule is Cc1ccc(NC(=O)CNC(=O)c2cc(-c3ccccc3C)nc3c2cnn3C(C)C)c(Cl)c1. The molecule has 0 atom stereocenters. The van der Waals surface area contributed by atoms with Crippen LogP contribution in [0.5, 0.6) is 0 Å². The molecular formula is C26H26ClN5O2. The zero-order chi connectivity index (χ0) is 24.4. The van der Waals surface area contributed by atoms with Crippen molar-refractivity contribution < 1.29 is 9.59 Å². The number of anilines is 1. The Hall–Kier alpha value is -3.71. The van der Waals surface area contributed by atoms with E-state index in [-0.39, 0.29) is 24.4 Å². The monoisotopic (exact) mass is 475 g/mol. The summed E-state index contributed by atoms with van der Waals surface area (Å²) in [6, 6.07) is 15.0. The molecule has 0 radical (unpaired) electrons. The molecule has 0 saturated carbocycles. The van der Waals surface area contributed by atoms with Crippen LogP contribution in [0, 0.1) is 13.8 Å². The molecule has 0 spiro atoms. The van der Waals surface area contributed by atoms with E-state index >= 15 is 0 Å². The van der Waals surface area contributed by atoms with Crippen LogP contribution in [-0.4, -0.2) is 33.1 Å². The standard InChI is InChI=1S/C26H26ClN5O2/c1-15(2)32-25-20(13-29-32)19(12-23(31-25)18-8-6-5-7-17(18)4)26(34)28-14-24(33)30-22-10-9-16(3)11-21(22)27/h5-13,15H,14H2,1-4H3,(H,28,34)(H,30,33). The average molecular weight is 476 g/mol. The van der Waals surface area contributed by atoms with Gasteiger partial charge in [0.15, 0.2) is 5.65 Å². The summed E-state index contributed by atoms with van der Waals surface area (Å²) >= 11 is 6.20. The maximum Gasteiger partial charge on any atom is 0.252 e. The highest BCUT2D eigenvalue weighted by molar-refractivity contribution is 6.33. The van der Waals surface area contributed by atoms with E-state index in [1.807, 2.05) is 58.0 Å². The molecule has 0 fully saturated rings. The van der Waals surface area contributed by atoms with Crippen molar-refractivity contribution >= 4 is 40.1 Å². The number of hydrogen-bond donors (Lipinski definition) is 2. The number of hydrogen-bond acceptors (Lipinski definition) is 4. The van der Waals surface area contributed by atoms with E-state index in [1.165, 1.54) is 0 Å². The number of aryl methyl sites for hydroxylation is 2. The highest BCUT2D eigenvalue weighted by Gasteiger charge is 2.19. The van der Waals surface area contributed by atoms with Crippen molar-refractivity contribution in [2.24, 2.45) is 0 Å². The predicted octanol–water partition coefficient (Wildman–Crippen LogP) is 5.32. The molecule has 2 heterocycles. The number of rotatable bonds is 6. The van der Waals surface area contributed by atoms with Gasteiger partial charge in [0.05, 0.1) is 40.1 Å². The van der Waals surface area contributed by atoms with E-state index in [0.717, 1.165) is 16.7 Å². The molecule has 0 saturated heterocycles. The predicted molar refractivity (Wildman–Crippen MR) is 135 cm³/mol. The van der Waals surface area contributed by atoms with Gasteiger partial charge in [0.2, 0.25) is 5.91 Å². The first-order valence-corrected chi connectivity index (χ1v) is 11.4. The van der Waals surface area contributed by atoms with Crippen molar-refractivity contribution in [1.82, 2.24) is 20.1 Å². The summed E-state index contributed by atoms with van der Waals surface area (Å²) < 4.78 is 1.79. The molecule has 4 aromatic rings. The summed E-state index contributed by atoms with van der Waals surface area (Å²) in [4.78, 5) is 30.5. The number of carbonyl (C=O) groups excluding carboxylic acids is 2. The van der Waals surface area contributed by atoms with E-state index in [2.05, 4.69) is 15.7 Å². The van der Waals surface area contributed by atoms with Crippen LogP contribution in [0.15, 0.2) is 54.7 Å². The molecule has 174 valence electrons. The number of halogens is 1. The maximum absolute atomic E-state index is 13.2. The Labute approximate surface area is 203 Å². The van der Waals surface area contributed by atoms with Gasteiger partial charge in [0.25, 0.3) is 5.91 Å². The molecule has 2 amide bonds. The minimum Gasteiger partial charge on any atom is -0.343 e. The zero-order valence-corrected chi connectivity index (χ0v) is 20.3. The van der Waals surface area contributed by atoms with Gasteiger partial charge < -0.3 is 10.6 Å². The Morgan fingerprint density at radius 2 is 1.85 bits per heavy atom. The van der Waals surface area contributed by atoms with Gasteiger partial charge in [-0.3, -0.25) is 9.59 Å². The van der Waals surface area contributed by atoms with Gasteiger partial charge in [0.1, 0.15) is 0 Å². The lowest BCUT2D eigenvalue weighted by atomic mass is 10.0. The van der Waals surface area contributed by atoms with Gasteiger partial charge in [-0.1, -0.05) is 41.9 Å². The van der Waals surface area contributed by atoms with Crippen LogP contribution in [0.3, 0.4) is 0 Å². The van der Waals surface area contributed by atoms with Crippen molar-refractivity contribution in [3.63, 3.8) is 0 Å². The van der Waals surface area contributed by atoms with E-state index in [4.69, 9.17) is 16.6 Å². The van der Waals surface area contributed by atoms with E-state index < -0.39 is 0 Å². The van der Waals surface area contributed by atoms with Gasteiger partial charge in [-0.25, -0.2) is 9.67 Å². The number of nitrogens with one attached hydrogen (secondary N) is 2. The summed E-state index contributed by atoms with van der Waals surface area (Å²) in [5.41, 5.74) is 5.18. The van der Waals surface area contributed by atoms with Crippen LogP contribution in [0.2, 0.25) is 5.02 Å². The first kappa shape index (κ1) is 23.4. The minimum absolute atomic E-state index is 0.0677. The fraction of sp³-hybridized carbons (Fsp3) is 0.231. The van der Waals surface area contributed by atoms with Crippen LogP contribution in [0.4, 0.5) is 5.69 Å². The largest absolute Gasteiger partial charge is 0.343 e. The lowest BCUT2D eigenvalue weighted by molar-refractivity contribution is -0.115. The molecule has 0 aliphatic rings. The first-order chi connectivity index (χ1) is 16.2.